The predicted octanol–water partition coefficient (Wildman–Crippen LogP) is 6.00. The van der Waals surface area contributed by atoms with Crippen LogP contribution in [0.5, 0.6) is 5.75 Å². The molecule has 1 amide bonds. The molecule has 34 heavy (non-hydrogen) atoms. The first-order valence-electron chi connectivity index (χ1n) is 11.8. The molecule has 172 valence electrons. The van der Waals surface area contributed by atoms with Crippen LogP contribution < -0.4 is 0 Å². The number of phenols is 1. The number of aromatic nitrogens is 2. The van der Waals surface area contributed by atoms with E-state index in [0.29, 0.717) is 29.4 Å². The van der Waals surface area contributed by atoms with Gasteiger partial charge < -0.3 is 10.0 Å². The Kier molecular flexibility index (Phi) is 5.70. The first-order valence-corrected chi connectivity index (χ1v) is 11.8. The molecule has 0 spiro atoms. The third kappa shape index (κ3) is 3.87. The van der Waals surface area contributed by atoms with Crippen molar-refractivity contribution in [2.45, 2.75) is 39.2 Å². The van der Waals surface area contributed by atoms with Gasteiger partial charge in [-0.2, -0.15) is 5.10 Å². The van der Waals surface area contributed by atoms with Crippen LogP contribution in [0.4, 0.5) is 0 Å². The van der Waals surface area contributed by atoms with Crippen molar-refractivity contribution in [3.8, 4) is 17.0 Å². The number of amides is 1. The van der Waals surface area contributed by atoms with Crippen molar-refractivity contribution in [1.29, 1.82) is 0 Å². The van der Waals surface area contributed by atoms with Gasteiger partial charge in [0.2, 0.25) is 0 Å². The zero-order valence-electron chi connectivity index (χ0n) is 19.7. The first kappa shape index (κ1) is 22.0. The number of carbonyl (C=O) groups excluding carboxylic acids is 1. The molecule has 4 aromatic rings. The van der Waals surface area contributed by atoms with E-state index < -0.39 is 0 Å². The molecule has 5 nitrogen and oxygen atoms in total. The van der Waals surface area contributed by atoms with Crippen LogP contribution in [0.15, 0.2) is 72.8 Å². The number of aromatic amines is 1. The second-order valence-corrected chi connectivity index (χ2v) is 9.34. The molecule has 0 saturated heterocycles. The van der Waals surface area contributed by atoms with Crippen LogP contribution in [0.25, 0.3) is 11.3 Å². The molecule has 0 fully saturated rings. The van der Waals surface area contributed by atoms with Crippen LogP contribution in [0.3, 0.4) is 0 Å². The first-order chi connectivity index (χ1) is 16.4. The summed E-state index contributed by atoms with van der Waals surface area (Å²) >= 11 is 0. The highest BCUT2D eigenvalue weighted by atomic mass is 16.3. The topological polar surface area (TPSA) is 69.2 Å². The van der Waals surface area contributed by atoms with E-state index in [4.69, 9.17) is 0 Å². The molecule has 1 aliphatic heterocycles. The highest BCUT2D eigenvalue weighted by Gasteiger charge is 2.42. The molecule has 0 bridgehead atoms. The van der Waals surface area contributed by atoms with Crippen LogP contribution in [0.1, 0.15) is 64.1 Å². The molecular formula is C29H29N3O2. The van der Waals surface area contributed by atoms with Crippen molar-refractivity contribution in [2.24, 2.45) is 0 Å². The fourth-order valence-electron chi connectivity index (χ4n) is 4.78. The van der Waals surface area contributed by atoms with Gasteiger partial charge in [0.05, 0.1) is 6.04 Å². The van der Waals surface area contributed by atoms with Crippen molar-refractivity contribution in [2.75, 3.05) is 6.54 Å². The average molecular weight is 452 g/mol. The lowest BCUT2D eigenvalue weighted by molar-refractivity contribution is 0.0746. The Morgan fingerprint density at radius 3 is 2.44 bits per heavy atom. The smallest absolute Gasteiger partial charge is 0.273 e. The number of phenolic OH excluding ortho intramolecular Hbond substituents is 1. The maximum absolute atomic E-state index is 13.6. The highest BCUT2D eigenvalue weighted by molar-refractivity contribution is 6.00. The average Bonchev–Trinajstić information content (AvgIpc) is 3.37. The number of nitrogens with one attached hydrogen (secondary N) is 1. The molecule has 3 aromatic carbocycles. The van der Waals surface area contributed by atoms with Gasteiger partial charge in [-0.05, 0) is 53.6 Å². The summed E-state index contributed by atoms with van der Waals surface area (Å²) in [7, 11) is 0. The summed E-state index contributed by atoms with van der Waals surface area (Å²) in [5.41, 5.74) is 7.04. The Morgan fingerprint density at radius 2 is 1.76 bits per heavy atom. The largest absolute Gasteiger partial charge is 0.507 e. The van der Waals surface area contributed by atoms with E-state index in [9.17, 15) is 9.90 Å². The number of aromatic hydroxyl groups is 1. The number of nitrogens with zero attached hydrogens (tertiary/aromatic N) is 2. The Labute approximate surface area is 200 Å². The summed E-state index contributed by atoms with van der Waals surface area (Å²) in [6.07, 6.45) is 0.760. The number of rotatable bonds is 6. The standard InChI is InChI=1S/C29H29N3O2/c1-18(2)21-10-12-22(13-11-21)28-25-26(23-14-9-19(3)17-24(23)33)30-31-27(25)29(34)32(28)16-15-20-7-5-4-6-8-20/h4-14,17-18,28,33H,15-16H2,1-3H3,(H,30,31)/t28-/m0/s1. The van der Waals surface area contributed by atoms with Gasteiger partial charge in [-0.1, -0.05) is 74.5 Å². The van der Waals surface area contributed by atoms with Gasteiger partial charge in [-0.3, -0.25) is 9.89 Å². The van der Waals surface area contributed by atoms with Gasteiger partial charge in [0.1, 0.15) is 17.1 Å². The van der Waals surface area contributed by atoms with Crippen molar-refractivity contribution in [3.63, 3.8) is 0 Å². The lowest BCUT2D eigenvalue weighted by Crippen LogP contribution is -2.31. The number of aryl methyl sites for hydroxylation is 1. The van der Waals surface area contributed by atoms with Gasteiger partial charge in [-0.15, -0.1) is 0 Å². The number of fused-ring (bicyclic) bond motifs is 1. The quantitative estimate of drug-likeness (QED) is 0.378. The number of H-pyrrole nitrogens is 1. The minimum Gasteiger partial charge on any atom is -0.507 e. The van der Waals surface area contributed by atoms with Gasteiger partial charge >= 0.3 is 0 Å². The Bertz CT molecular complexity index is 1320. The zero-order valence-corrected chi connectivity index (χ0v) is 19.7. The molecule has 2 heterocycles. The summed E-state index contributed by atoms with van der Waals surface area (Å²) in [5.74, 6) is 0.533. The highest BCUT2D eigenvalue weighted by Crippen LogP contribution is 2.44. The lowest BCUT2D eigenvalue weighted by atomic mass is 9.93. The fourth-order valence-corrected chi connectivity index (χ4v) is 4.78. The Morgan fingerprint density at radius 1 is 1.03 bits per heavy atom. The number of carbonyl (C=O) groups is 1. The van der Waals surface area contributed by atoms with Gasteiger partial charge in [0.25, 0.3) is 5.91 Å². The van der Waals surface area contributed by atoms with E-state index >= 15 is 0 Å². The maximum Gasteiger partial charge on any atom is 0.273 e. The van der Waals surface area contributed by atoms with Crippen LogP contribution in [-0.4, -0.2) is 32.7 Å². The summed E-state index contributed by atoms with van der Waals surface area (Å²) in [6.45, 7) is 6.87. The van der Waals surface area contributed by atoms with Gasteiger partial charge in [0.15, 0.2) is 0 Å². The molecule has 1 aromatic heterocycles. The Balaban J connectivity index is 1.59. The molecule has 0 radical (unpaired) electrons. The third-order valence-electron chi connectivity index (χ3n) is 6.68. The number of hydrogen-bond donors (Lipinski definition) is 2. The van der Waals surface area contributed by atoms with Crippen molar-refractivity contribution in [3.05, 3.63) is 106 Å². The third-order valence-corrected chi connectivity index (χ3v) is 6.68. The van der Waals surface area contributed by atoms with E-state index in [1.807, 2.05) is 42.2 Å². The molecule has 1 aliphatic rings. The maximum atomic E-state index is 13.6. The summed E-state index contributed by atoms with van der Waals surface area (Å²) < 4.78 is 0. The molecule has 0 unspecified atom stereocenters. The summed E-state index contributed by atoms with van der Waals surface area (Å²) in [5, 5.41) is 18.2. The fraction of sp³-hybridized carbons (Fsp3) is 0.241. The van der Waals surface area contributed by atoms with Crippen LogP contribution in [-0.2, 0) is 6.42 Å². The van der Waals surface area contributed by atoms with Crippen LogP contribution in [0.2, 0.25) is 0 Å². The number of benzene rings is 3. The van der Waals surface area contributed by atoms with E-state index in [-0.39, 0.29) is 17.7 Å². The van der Waals surface area contributed by atoms with Crippen molar-refractivity contribution >= 4 is 5.91 Å². The van der Waals surface area contributed by atoms with E-state index in [1.54, 1.807) is 6.07 Å². The van der Waals surface area contributed by atoms with Crippen LogP contribution >= 0.6 is 0 Å². The molecule has 5 heteroatoms. The van der Waals surface area contributed by atoms with E-state index in [2.05, 4.69) is 60.4 Å². The molecule has 0 saturated carbocycles. The molecular weight excluding hydrogens is 422 g/mol. The van der Waals surface area contributed by atoms with E-state index in [1.165, 1.54) is 11.1 Å². The van der Waals surface area contributed by atoms with Gasteiger partial charge in [-0.25, -0.2) is 0 Å². The molecule has 5 rings (SSSR count). The zero-order chi connectivity index (χ0) is 23.8. The molecule has 2 N–H and O–H groups in total. The van der Waals surface area contributed by atoms with Gasteiger partial charge in [0, 0.05) is 17.7 Å². The summed E-state index contributed by atoms with van der Waals surface area (Å²) in [4.78, 5) is 15.5. The van der Waals surface area contributed by atoms with Crippen LogP contribution in [0, 0.1) is 6.92 Å². The molecule has 0 aliphatic carbocycles. The predicted molar refractivity (Wildman–Crippen MR) is 134 cm³/mol. The second kappa shape index (κ2) is 8.82. The van der Waals surface area contributed by atoms with Crippen molar-refractivity contribution < 1.29 is 9.90 Å². The SMILES string of the molecule is Cc1ccc(-c2n[nH]c3c2[C@H](c2ccc(C(C)C)cc2)N(CCc2ccccc2)C3=O)c(O)c1. The number of hydrogen-bond acceptors (Lipinski definition) is 3. The van der Waals surface area contributed by atoms with E-state index in [0.717, 1.165) is 23.1 Å². The summed E-state index contributed by atoms with van der Waals surface area (Å²) in [6, 6.07) is 24.0. The second-order valence-electron chi connectivity index (χ2n) is 9.34. The normalized spacial score (nSPS) is 15.2. The molecule has 1 atom stereocenters. The minimum atomic E-state index is -0.276. The monoisotopic (exact) mass is 451 g/mol. The Hall–Kier alpha value is -3.86. The minimum absolute atomic E-state index is 0.0609. The lowest BCUT2D eigenvalue weighted by Gasteiger charge is -2.27. The van der Waals surface area contributed by atoms with Crippen molar-refractivity contribution in [1.82, 2.24) is 15.1 Å².